The summed E-state index contributed by atoms with van der Waals surface area (Å²) in [6.07, 6.45) is 4.32. The lowest BCUT2D eigenvalue weighted by atomic mass is 9.89. The van der Waals surface area contributed by atoms with Crippen LogP contribution in [-0.2, 0) is 25.8 Å². The minimum absolute atomic E-state index is 0.0475. The topological polar surface area (TPSA) is 49.0 Å². The maximum absolute atomic E-state index is 12.9. The van der Waals surface area contributed by atoms with E-state index in [1.807, 2.05) is 0 Å². The monoisotopic (exact) mass is 379 g/mol. The van der Waals surface area contributed by atoms with Gasteiger partial charge >= 0.3 is 0 Å². The van der Waals surface area contributed by atoms with Crippen molar-refractivity contribution in [1.29, 1.82) is 0 Å². The third-order valence-electron chi connectivity index (χ3n) is 6.29. The molecule has 1 aliphatic carbocycles. The first-order valence-electron chi connectivity index (χ1n) is 9.95. The number of thiophene rings is 1. The third-order valence-corrected chi connectivity index (χ3v) is 7.44. The van der Waals surface area contributed by atoms with E-state index in [1.165, 1.54) is 28.0 Å². The number of aromatic nitrogens is 2. The molecule has 140 valence electrons. The molecular weight excluding hydrogens is 354 g/mol. The molecule has 5 rings (SSSR count). The van der Waals surface area contributed by atoms with Crippen LogP contribution in [0.1, 0.15) is 53.7 Å². The Bertz CT molecular complexity index is 1070. The van der Waals surface area contributed by atoms with Crippen molar-refractivity contribution in [2.45, 2.75) is 52.1 Å². The van der Waals surface area contributed by atoms with E-state index in [1.54, 1.807) is 11.3 Å². The Labute approximate surface area is 163 Å². The van der Waals surface area contributed by atoms with Crippen LogP contribution in [0, 0.1) is 5.92 Å². The largest absolute Gasteiger partial charge is 0.309 e. The second kappa shape index (κ2) is 6.57. The quantitative estimate of drug-likeness (QED) is 0.725. The van der Waals surface area contributed by atoms with Crippen LogP contribution in [0.4, 0.5) is 0 Å². The van der Waals surface area contributed by atoms with Crippen molar-refractivity contribution in [1.82, 2.24) is 14.9 Å². The molecule has 1 aliphatic heterocycles. The van der Waals surface area contributed by atoms with E-state index in [9.17, 15) is 4.79 Å². The van der Waals surface area contributed by atoms with E-state index < -0.39 is 0 Å². The number of benzene rings is 1. The summed E-state index contributed by atoms with van der Waals surface area (Å²) in [4.78, 5) is 25.6. The number of aromatic amines is 1. The summed E-state index contributed by atoms with van der Waals surface area (Å²) in [5, 5.41) is 0.849. The zero-order valence-electron chi connectivity index (χ0n) is 15.9. The lowest BCUT2D eigenvalue weighted by molar-refractivity contribution is 0.185. The summed E-state index contributed by atoms with van der Waals surface area (Å²) in [7, 11) is 0. The minimum Gasteiger partial charge on any atom is -0.309 e. The van der Waals surface area contributed by atoms with Crippen LogP contribution in [0.3, 0.4) is 0 Å². The summed E-state index contributed by atoms with van der Waals surface area (Å²) in [6, 6.07) is 8.76. The summed E-state index contributed by atoms with van der Waals surface area (Å²) < 4.78 is 0. The van der Waals surface area contributed by atoms with Gasteiger partial charge in [-0.25, -0.2) is 4.98 Å². The van der Waals surface area contributed by atoms with E-state index in [2.05, 4.69) is 48.0 Å². The summed E-state index contributed by atoms with van der Waals surface area (Å²) in [5.74, 6) is 1.51. The van der Waals surface area contributed by atoms with Gasteiger partial charge in [0.1, 0.15) is 10.7 Å². The molecule has 2 atom stereocenters. The molecule has 4 nitrogen and oxygen atoms in total. The molecule has 27 heavy (non-hydrogen) atoms. The second-order valence-electron chi connectivity index (χ2n) is 8.15. The van der Waals surface area contributed by atoms with Crippen molar-refractivity contribution in [2.75, 3.05) is 6.54 Å². The van der Waals surface area contributed by atoms with Crippen LogP contribution in [0.15, 0.2) is 29.1 Å². The van der Waals surface area contributed by atoms with E-state index >= 15 is 0 Å². The van der Waals surface area contributed by atoms with Gasteiger partial charge in [0.2, 0.25) is 0 Å². The molecular formula is C22H25N3OS. The van der Waals surface area contributed by atoms with Gasteiger partial charge in [-0.3, -0.25) is 9.69 Å². The average Bonchev–Trinajstić information content (AvgIpc) is 3.04. The molecule has 0 unspecified atom stereocenters. The van der Waals surface area contributed by atoms with Crippen LogP contribution in [-0.4, -0.2) is 21.4 Å². The minimum atomic E-state index is 0.0475. The molecule has 5 heteroatoms. The third kappa shape index (κ3) is 2.93. The highest BCUT2D eigenvalue weighted by Crippen LogP contribution is 2.36. The van der Waals surface area contributed by atoms with Crippen molar-refractivity contribution in [3.63, 3.8) is 0 Å². The zero-order chi connectivity index (χ0) is 18.5. The van der Waals surface area contributed by atoms with Crippen molar-refractivity contribution >= 4 is 21.6 Å². The van der Waals surface area contributed by atoms with Crippen LogP contribution in [0.25, 0.3) is 10.2 Å². The molecule has 0 saturated heterocycles. The van der Waals surface area contributed by atoms with Gasteiger partial charge in [-0.2, -0.15) is 0 Å². The number of aryl methyl sites for hydroxylation is 1. The number of nitrogens with one attached hydrogen (secondary N) is 1. The zero-order valence-corrected chi connectivity index (χ0v) is 16.7. The highest BCUT2D eigenvalue weighted by molar-refractivity contribution is 7.18. The molecule has 0 fully saturated rings. The van der Waals surface area contributed by atoms with Gasteiger partial charge in [0.15, 0.2) is 0 Å². The number of hydrogen-bond donors (Lipinski definition) is 1. The number of fused-ring (bicyclic) bond motifs is 4. The molecule has 0 saturated carbocycles. The Morgan fingerprint density at radius 2 is 2.07 bits per heavy atom. The van der Waals surface area contributed by atoms with Crippen molar-refractivity contribution in [2.24, 2.45) is 5.92 Å². The van der Waals surface area contributed by atoms with Gasteiger partial charge < -0.3 is 4.98 Å². The molecule has 0 bridgehead atoms. The summed E-state index contributed by atoms with van der Waals surface area (Å²) in [6.45, 7) is 6.37. The van der Waals surface area contributed by atoms with Crippen LogP contribution >= 0.6 is 11.3 Å². The van der Waals surface area contributed by atoms with E-state index in [0.29, 0.717) is 5.92 Å². The first-order chi connectivity index (χ1) is 13.1. The van der Waals surface area contributed by atoms with E-state index in [4.69, 9.17) is 4.98 Å². The maximum Gasteiger partial charge on any atom is 0.259 e. The Balaban J connectivity index is 1.49. The molecule has 3 heterocycles. The van der Waals surface area contributed by atoms with Crippen LogP contribution in [0.5, 0.6) is 0 Å². The molecule has 0 spiro atoms. The number of hydrogen-bond acceptors (Lipinski definition) is 4. The number of nitrogens with zero attached hydrogens (tertiary/aromatic N) is 2. The fraction of sp³-hybridized carbons (Fsp3) is 0.455. The predicted octanol–water partition coefficient (Wildman–Crippen LogP) is 4.23. The predicted molar refractivity (Wildman–Crippen MR) is 110 cm³/mol. The fourth-order valence-electron chi connectivity index (χ4n) is 4.58. The summed E-state index contributed by atoms with van der Waals surface area (Å²) >= 11 is 1.73. The van der Waals surface area contributed by atoms with Gasteiger partial charge in [0.05, 0.1) is 11.4 Å². The number of rotatable bonds is 2. The normalized spacial score (nSPS) is 21.0. The Morgan fingerprint density at radius 1 is 1.26 bits per heavy atom. The molecule has 2 aliphatic rings. The molecule has 1 N–H and O–H groups in total. The van der Waals surface area contributed by atoms with Gasteiger partial charge in [-0.05, 0) is 55.2 Å². The molecule has 1 aromatic carbocycles. The fourth-order valence-corrected chi connectivity index (χ4v) is 5.97. The first kappa shape index (κ1) is 17.1. The molecule has 2 aromatic heterocycles. The van der Waals surface area contributed by atoms with E-state index in [0.717, 1.165) is 48.4 Å². The van der Waals surface area contributed by atoms with E-state index in [-0.39, 0.29) is 11.6 Å². The molecule has 0 radical (unpaired) electrons. The van der Waals surface area contributed by atoms with Crippen LogP contribution < -0.4 is 5.56 Å². The number of H-pyrrole nitrogens is 1. The van der Waals surface area contributed by atoms with Crippen LogP contribution in [0.2, 0.25) is 0 Å². The SMILES string of the molecule is C[C@@H]1CCc2c(sc3nc([C@H](C)N4CCc5ccccc5C4)[nH]c(=O)c23)C1. The highest BCUT2D eigenvalue weighted by Gasteiger charge is 2.26. The second-order valence-corrected chi connectivity index (χ2v) is 9.23. The Hall–Kier alpha value is -1.98. The highest BCUT2D eigenvalue weighted by atomic mass is 32.1. The molecule has 0 amide bonds. The Morgan fingerprint density at radius 3 is 2.93 bits per heavy atom. The van der Waals surface area contributed by atoms with Gasteiger partial charge in [-0.15, -0.1) is 11.3 Å². The Kier molecular flexibility index (Phi) is 4.17. The lowest BCUT2D eigenvalue weighted by Gasteiger charge is -2.33. The molecule has 3 aromatic rings. The first-order valence-corrected chi connectivity index (χ1v) is 10.8. The van der Waals surface area contributed by atoms with Crippen molar-refractivity contribution in [3.8, 4) is 0 Å². The lowest BCUT2D eigenvalue weighted by Crippen LogP contribution is -2.34. The van der Waals surface area contributed by atoms with Crippen molar-refractivity contribution in [3.05, 3.63) is 62.0 Å². The maximum atomic E-state index is 12.9. The van der Waals surface area contributed by atoms with Gasteiger partial charge in [0, 0.05) is 18.0 Å². The van der Waals surface area contributed by atoms with Crippen molar-refractivity contribution < 1.29 is 0 Å². The average molecular weight is 380 g/mol. The summed E-state index contributed by atoms with van der Waals surface area (Å²) in [5.41, 5.74) is 4.14. The smallest absolute Gasteiger partial charge is 0.259 e. The standard InChI is InChI=1S/C22H25N3OS/c1-13-7-8-17-18(11-13)27-22-19(17)21(26)23-20(24-22)14(2)25-10-9-15-5-3-4-6-16(15)12-25/h3-6,13-14H,7-12H2,1-2H3,(H,23,24,26)/t13-,14+/m1/s1. The van der Waals surface area contributed by atoms with Gasteiger partial charge in [0.25, 0.3) is 5.56 Å². The van der Waals surface area contributed by atoms with Gasteiger partial charge in [-0.1, -0.05) is 31.2 Å².